The first-order valence-electron chi connectivity index (χ1n) is 7.38. The lowest BCUT2D eigenvalue weighted by Crippen LogP contribution is -2.29. The molecule has 1 atom stereocenters. The van der Waals surface area contributed by atoms with Crippen LogP contribution in [0.15, 0.2) is 54.6 Å². The van der Waals surface area contributed by atoms with Gasteiger partial charge in [0.2, 0.25) is 0 Å². The van der Waals surface area contributed by atoms with Gasteiger partial charge in [0.15, 0.2) is 12.7 Å². The summed E-state index contributed by atoms with van der Waals surface area (Å²) in [6, 6.07) is 14.2. The molecule has 0 aliphatic rings. The van der Waals surface area contributed by atoms with Crippen molar-refractivity contribution in [3.63, 3.8) is 0 Å². The third kappa shape index (κ3) is 5.61. The van der Waals surface area contributed by atoms with Crippen LogP contribution in [0.3, 0.4) is 0 Å². The molecule has 0 heterocycles. The molecule has 130 valence electrons. The topological polar surface area (TPSA) is 108 Å². The van der Waals surface area contributed by atoms with Crippen molar-refractivity contribution >= 4 is 23.3 Å². The van der Waals surface area contributed by atoms with Crippen LogP contribution in [0.25, 0.3) is 0 Å². The molecule has 0 unspecified atom stereocenters. The number of non-ortho nitro benzene ring substituents is 1. The summed E-state index contributed by atoms with van der Waals surface area (Å²) in [5.41, 5.74) is 0.0866. The van der Waals surface area contributed by atoms with Gasteiger partial charge in [-0.1, -0.05) is 24.3 Å². The number of nitrogens with one attached hydrogen (secondary N) is 1. The molecule has 0 saturated heterocycles. The molecule has 1 amide bonds. The standard InChI is InChI=1S/C17H16N2O6/c1-12(25-15-8-3-2-4-9-15)17(21)24-11-16(20)18-13-6-5-7-14(10-13)19(22)23/h2-10,12H,11H2,1H3,(H,18,20)/t12-/m0/s1. The van der Waals surface area contributed by atoms with Crippen LogP contribution < -0.4 is 10.1 Å². The summed E-state index contributed by atoms with van der Waals surface area (Å²) >= 11 is 0. The minimum Gasteiger partial charge on any atom is -0.479 e. The Morgan fingerprint density at radius 3 is 2.56 bits per heavy atom. The summed E-state index contributed by atoms with van der Waals surface area (Å²) in [7, 11) is 0. The lowest BCUT2D eigenvalue weighted by molar-refractivity contribution is -0.384. The zero-order valence-corrected chi connectivity index (χ0v) is 13.4. The number of hydrogen-bond donors (Lipinski definition) is 1. The van der Waals surface area contributed by atoms with E-state index in [1.165, 1.54) is 31.2 Å². The van der Waals surface area contributed by atoms with Crippen molar-refractivity contribution in [2.24, 2.45) is 0 Å². The molecule has 8 heteroatoms. The van der Waals surface area contributed by atoms with Gasteiger partial charge in [0, 0.05) is 17.8 Å². The maximum Gasteiger partial charge on any atom is 0.347 e. The molecule has 0 saturated carbocycles. The Morgan fingerprint density at radius 2 is 1.88 bits per heavy atom. The molecule has 0 aliphatic carbocycles. The molecule has 0 radical (unpaired) electrons. The number of nitrogens with zero attached hydrogens (tertiary/aromatic N) is 1. The summed E-state index contributed by atoms with van der Waals surface area (Å²) in [4.78, 5) is 33.7. The largest absolute Gasteiger partial charge is 0.479 e. The summed E-state index contributed by atoms with van der Waals surface area (Å²) in [5.74, 6) is -0.799. The van der Waals surface area contributed by atoms with Crippen molar-refractivity contribution in [3.8, 4) is 5.75 Å². The van der Waals surface area contributed by atoms with E-state index in [4.69, 9.17) is 9.47 Å². The maximum atomic E-state index is 11.8. The van der Waals surface area contributed by atoms with Crippen LogP contribution in [0, 0.1) is 10.1 Å². The van der Waals surface area contributed by atoms with E-state index in [-0.39, 0.29) is 11.4 Å². The Kier molecular flexibility index (Phi) is 6.05. The SMILES string of the molecule is C[C@H](Oc1ccccc1)C(=O)OCC(=O)Nc1cccc([N+](=O)[O-])c1. The van der Waals surface area contributed by atoms with E-state index in [2.05, 4.69) is 5.32 Å². The van der Waals surface area contributed by atoms with Crippen LogP contribution in [-0.2, 0) is 14.3 Å². The first kappa shape index (κ1) is 17.9. The van der Waals surface area contributed by atoms with Crippen molar-refractivity contribution in [1.82, 2.24) is 0 Å². The van der Waals surface area contributed by atoms with E-state index in [1.54, 1.807) is 24.3 Å². The van der Waals surface area contributed by atoms with Gasteiger partial charge in [0.1, 0.15) is 5.75 Å². The van der Waals surface area contributed by atoms with Crippen LogP contribution in [0.5, 0.6) is 5.75 Å². The van der Waals surface area contributed by atoms with Crippen LogP contribution in [-0.4, -0.2) is 29.5 Å². The van der Waals surface area contributed by atoms with Crippen LogP contribution in [0.1, 0.15) is 6.92 Å². The van der Waals surface area contributed by atoms with E-state index in [0.29, 0.717) is 5.75 Å². The van der Waals surface area contributed by atoms with Crippen molar-refractivity contribution < 1.29 is 24.0 Å². The molecule has 0 aliphatic heterocycles. The van der Waals surface area contributed by atoms with Crippen molar-refractivity contribution in [2.45, 2.75) is 13.0 Å². The van der Waals surface area contributed by atoms with Crippen molar-refractivity contribution in [3.05, 3.63) is 64.7 Å². The normalized spacial score (nSPS) is 11.2. The zero-order valence-electron chi connectivity index (χ0n) is 13.4. The molecule has 0 bridgehead atoms. The molecule has 8 nitrogen and oxygen atoms in total. The number of amides is 1. The fourth-order valence-electron chi connectivity index (χ4n) is 1.90. The van der Waals surface area contributed by atoms with Crippen LogP contribution in [0.2, 0.25) is 0 Å². The zero-order chi connectivity index (χ0) is 18.2. The minimum atomic E-state index is -0.881. The average molecular weight is 344 g/mol. The van der Waals surface area contributed by atoms with E-state index < -0.39 is 29.5 Å². The Balaban J connectivity index is 1.82. The Bertz CT molecular complexity index is 763. The number of carbonyl (C=O) groups excluding carboxylic acids is 2. The molecule has 0 spiro atoms. The highest BCUT2D eigenvalue weighted by atomic mass is 16.6. The molecule has 0 fully saturated rings. The molecule has 2 aromatic rings. The third-order valence-electron chi connectivity index (χ3n) is 3.07. The summed E-state index contributed by atoms with van der Waals surface area (Å²) < 4.78 is 10.3. The predicted molar refractivity (Wildman–Crippen MR) is 89.2 cm³/mol. The number of anilines is 1. The van der Waals surface area contributed by atoms with Gasteiger partial charge in [-0.15, -0.1) is 0 Å². The minimum absolute atomic E-state index is 0.153. The number of rotatable bonds is 7. The summed E-state index contributed by atoms with van der Waals surface area (Å²) in [5, 5.41) is 13.1. The average Bonchev–Trinajstić information content (AvgIpc) is 2.60. The van der Waals surface area contributed by atoms with Gasteiger partial charge < -0.3 is 14.8 Å². The van der Waals surface area contributed by atoms with E-state index in [1.807, 2.05) is 6.07 Å². The molecule has 1 N–H and O–H groups in total. The molecular formula is C17H16N2O6. The fraction of sp³-hybridized carbons (Fsp3) is 0.176. The molecule has 2 aromatic carbocycles. The van der Waals surface area contributed by atoms with Gasteiger partial charge in [0.05, 0.1) is 4.92 Å². The number of nitro groups is 1. The van der Waals surface area contributed by atoms with E-state index in [9.17, 15) is 19.7 Å². The van der Waals surface area contributed by atoms with Gasteiger partial charge in [-0.05, 0) is 25.1 Å². The number of ether oxygens (including phenoxy) is 2. The molecule has 25 heavy (non-hydrogen) atoms. The smallest absolute Gasteiger partial charge is 0.347 e. The second kappa shape index (κ2) is 8.44. The number of nitro benzene ring substituents is 1. The lowest BCUT2D eigenvalue weighted by Gasteiger charge is -2.13. The number of hydrogen-bond acceptors (Lipinski definition) is 6. The number of para-hydroxylation sites is 1. The van der Waals surface area contributed by atoms with Crippen molar-refractivity contribution in [1.29, 1.82) is 0 Å². The number of esters is 1. The first-order valence-corrected chi connectivity index (χ1v) is 7.38. The lowest BCUT2D eigenvalue weighted by atomic mass is 10.3. The Hall–Kier alpha value is -3.42. The Labute approximate surface area is 143 Å². The van der Waals surface area contributed by atoms with Crippen molar-refractivity contribution in [2.75, 3.05) is 11.9 Å². The maximum absolute atomic E-state index is 11.8. The highest BCUT2D eigenvalue weighted by Gasteiger charge is 2.18. The third-order valence-corrected chi connectivity index (χ3v) is 3.07. The van der Waals surface area contributed by atoms with Gasteiger partial charge in [-0.3, -0.25) is 14.9 Å². The monoisotopic (exact) mass is 344 g/mol. The Morgan fingerprint density at radius 1 is 1.16 bits per heavy atom. The second-order valence-electron chi connectivity index (χ2n) is 5.04. The second-order valence-corrected chi connectivity index (χ2v) is 5.04. The van der Waals surface area contributed by atoms with Gasteiger partial charge in [-0.2, -0.15) is 0 Å². The number of carbonyl (C=O) groups is 2. The van der Waals surface area contributed by atoms with Gasteiger partial charge in [-0.25, -0.2) is 4.79 Å². The van der Waals surface area contributed by atoms with Crippen LogP contribution in [0.4, 0.5) is 11.4 Å². The van der Waals surface area contributed by atoms with E-state index in [0.717, 1.165) is 0 Å². The summed E-state index contributed by atoms with van der Waals surface area (Å²) in [6.07, 6.45) is -0.881. The molecular weight excluding hydrogens is 328 g/mol. The molecule has 2 rings (SSSR count). The van der Waals surface area contributed by atoms with Gasteiger partial charge in [0.25, 0.3) is 11.6 Å². The van der Waals surface area contributed by atoms with Gasteiger partial charge >= 0.3 is 5.97 Å². The van der Waals surface area contributed by atoms with Crippen LogP contribution >= 0.6 is 0 Å². The number of benzene rings is 2. The highest BCUT2D eigenvalue weighted by Crippen LogP contribution is 2.17. The summed E-state index contributed by atoms with van der Waals surface area (Å²) in [6.45, 7) is 0.984. The quantitative estimate of drug-likeness (QED) is 0.470. The molecule has 0 aromatic heterocycles. The highest BCUT2D eigenvalue weighted by molar-refractivity contribution is 5.93. The van der Waals surface area contributed by atoms with E-state index >= 15 is 0 Å². The predicted octanol–water partition coefficient (Wildman–Crippen LogP) is 2.54. The fourth-order valence-corrected chi connectivity index (χ4v) is 1.90. The first-order chi connectivity index (χ1) is 12.0.